The molecule has 25 heavy (non-hydrogen) atoms. The van der Waals surface area contributed by atoms with E-state index in [-0.39, 0.29) is 23.0 Å². The molecule has 3 rings (SSSR count). The molecule has 5 nitrogen and oxygen atoms in total. The standard InChI is InChI=1S/C18H17NO4S2/c1-23-15-3-5-16(6-4-15)25(21,22)11-9-18(20)19-14-2-7-17-13(12-14)8-10-24-17/h2-8,10,12H,9,11H2,1H3,(H,19,20). The number of carbonyl (C=O) groups is 1. The summed E-state index contributed by atoms with van der Waals surface area (Å²) in [6.45, 7) is 0. The first kappa shape index (κ1) is 17.4. The van der Waals surface area contributed by atoms with Crippen LogP contribution in [0.25, 0.3) is 10.1 Å². The van der Waals surface area contributed by atoms with Gasteiger partial charge >= 0.3 is 0 Å². The van der Waals surface area contributed by atoms with Gasteiger partial charge in [0.1, 0.15) is 5.75 Å². The smallest absolute Gasteiger partial charge is 0.225 e. The second-order valence-corrected chi connectivity index (χ2v) is 8.52. The van der Waals surface area contributed by atoms with Crippen molar-refractivity contribution >= 4 is 42.9 Å². The highest BCUT2D eigenvalue weighted by Gasteiger charge is 2.16. The molecule has 0 aliphatic rings. The van der Waals surface area contributed by atoms with Gasteiger partial charge < -0.3 is 10.1 Å². The molecule has 0 atom stereocenters. The number of carbonyl (C=O) groups excluding carboxylic acids is 1. The van der Waals surface area contributed by atoms with Gasteiger partial charge in [0, 0.05) is 16.8 Å². The van der Waals surface area contributed by atoms with Crippen molar-refractivity contribution in [1.29, 1.82) is 0 Å². The largest absolute Gasteiger partial charge is 0.497 e. The summed E-state index contributed by atoms with van der Waals surface area (Å²) < 4.78 is 30.8. The van der Waals surface area contributed by atoms with Crippen molar-refractivity contribution < 1.29 is 17.9 Å². The van der Waals surface area contributed by atoms with Crippen LogP contribution in [0.15, 0.2) is 58.8 Å². The maximum absolute atomic E-state index is 12.3. The van der Waals surface area contributed by atoms with E-state index in [2.05, 4.69) is 5.32 Å². The third-order valence-electron chi connectivity index (χ3n) is 3.75. The van der Waals surface area contributed by atoms with Crippen molar-refractivity contribution in [2.45, 2.75) is 11.3 Å². The molecule has 1 aromatic heterocycles. The third kappa shape index (κ3) is 4.18. The quantitative estimate of drug-likeness (QED) is 0.713. The zero-order chi connectivity index (χ0) is 17.9. The maximum atomic E-state index is 12.3. The Kier molecular flexibility index (Phi) is 5.06. The van der Waals surface area contributed by atoms with E-state index in [0.717, 1.165) is 10.1 Å². The van der Waals surface area contributed by atoms with Crippen LogP contribution in [0.4, 0.5) is 5.69 Å². The van der Waals surface area contributed by atoms with Gasteiger partial charge in [-0.05, 0) is 59.3 Å². The summed E-state index contributed by atoms with van der Waals surface area (Å²) in [4.78, 5) is 12.3. The van der Waals surface area contributed by atoms with Crippen LogP contribution in [-0.4, -0.2) is 27.2 Å². The van der Waals surface area contributed by atoms with E-state index in [4.69, 9.17) is 4.74 Å². The molecule has 1 amide bonds. The van der Waals surface area contributed by atoms with Gasteiger partial charge in [0.25, 0.3) is 0 Å². The Balaban J connectivity index is 1.62. The monoisotopic (exact) mass is 375 g/mol. The normalized spacial score (nSPS) is 11.4. The predicted octanol–water partition coefficient (Wildman–Crippen LogP) is 3.71. The molecule has 0 aliphatic carbocycles. The molecule has 0 radical (unpaired) electrons. The van der Waals surface area contributed by atoms with E-state index >= 15 is 0 Å². The summed E-state index contributed by atoms with van der Waals surface area (Å²) in [5.41, 5.74) is 0.665. The first-order valence-corrected chi connectivity index (χ1v) is 10.1. The molecule has 0 unspecified atom stereocenters. The van der Waals surface area contributed by atoms with Crippen LogP contribution in [-0.2, 0) is 14.6 Å². The fraction of sp³-hybridized carbons (Fsp3) is 0.167. The Hall–Kier alpha value is -2.38. The average molecular weight is 375 g/mol. The van der Waals surface area contributed by atoms with Crippen LogP contribution in [0.3, 0.4) is 0 Å². The number of anilines is 1. The SMILES string of the molecule is COc1ccc(S(=O)(=O)CCC(=O)Nc2ccc3sccc3c2)cc1. The molecule has 0 saturated heterocycles. The van der Waals surface area contributed by atoms with Gasteiger partial charge in [-0.3, -0.25) is 4.79 Å². The van der Waals surface area contributed by atoms with Crippen molar-refractivity contribution in [2.24, 2.45) is 0 Å². The predicted molar refractivity (Wildman–Crippen MR) is 100 cm³/mol. The summed E-state index contributed by atoms with van der Waals surface area (Å²) in [5.74, 6) is 0.0125. The minimum Gasteiger partial charge on any atom is -0.497 e. The zero-order valence-electron chi connectivity index (χ0n) is 13.6. The van der Waals surface area contributed by atoms with Gasteiger partial charge in [-0.2, -0.15) is 0 Å². The molecule has 0 spiro atoms. The van der Waals surface area contributed by atoms with E-state index in [1.807, 2.05) is 29.6 Å². The minimum atomic E-state index is -3.51. The second kappa shape index (κ2) is 7.25. The number of ether oxygens (including phenoxy) is 1. The molecule has 7 heteroatoms. The number of benzene rings is 2. The molecule has 0 bridgehead atoms. The Labute approximate surface area is 150 Å². The Morgan fingerprint density at radius 1 is 1.12 bits per heavy atom. The van der Waals surface area contributed by atoms with E-state index < -0.39 is 9.84 Å². The Bertz CT molecular complexity index is 991. The van der Waals surface area contributed by atoms with Crippen LogP contribution in [0.2, 0.25) is 0 Å². The first-order valence-electron chi connectivity index (χ1n) is 7.62. The Morgan fingerprint density at radius 2 is 1.88 bits per heavy atom. The highest BCUT2D eigenvalue weighted by atomic mass is 32.2. The van der Waals surface area contributed by atoms with Gasteiger partial charge in [-0.15, -0.1) is 11.3 Å². The van der Waals surface area contributed by atoms with Crippen LogP contribution in [0, 0.1) is 0 Å². The highest BCUT2D eigenvalue weighted by Crippen LogP contribution is 2.24. The lowest BCUT2D eigenvalue weighted by atomic mass is 10.2. The highest BCUT2D eigenvalue weighted by molar-refractivity contribution is 7.91. The molecular weight excluding hydrogens is 358 g/mol. The molecule has 0 fully saturated rings. The first-order chi connectivity index (χ1) is 12.0. The minimum absolute atomic E-state index is 0.101. The van der Waals surface area contributed by atoms with E-state index in [1.54, 1.807) is 23.5 Å². The fourth-order valence-electron chi connectivity index (χ4n) is 2.40. The Morgan fingerprint density at radius 3 is 2.60 bits per heavy atom. The molecule has 0 saturated carbocycles. The molecule has 1 N–H and O–H groups in total. The summed E-state index contributed by atoms with van der Waals surface area (Å²) in [6, 6.07) is 13.7. The molecule has 2 aromatic carbocycles. The van der Waals surface area contributed by atoms with Crippen LogP contribution in [0.5, 0.6) is 5.75 Å². The average Bonchev–Trinajstić information content (AvgIpc) is 3.08. The van der Waals surface area contributed by atoms with Crippen molar-refractivity contribution in [3.8, 4) is 5.75 Å². The number of sulfone groups is 1. The van der Waals surface area contributed by atoms with Gasteiger partial charge in [0.05, 0.1) is 17.8 Å². The number of methoxy groups -OCH3 is 1. The van der Waals surface area contributed by atoms with Gasteiger partial charge in [-0.1, -0.05) is 0 Å². The van der Waals surface area contributed by atoms with Crippen LogP contribution < -0.4 is 10.1 Å². The molecule has 130 valence electrons. The van der Waals surface area contributed by atoms with Gasteiger partial charge in [-0.25, -0.2) is 8.42 Å². The zero-order valence-corrected chi connectivity index (χ0v) is 15.2. The fourth-order valence-corrected chi connectivity index (χ4v) is 4.41. The van der Waals surface area contributed by atoms with Crippen LogP contribution >= 0.6 is 11.3 Å². The molecular formula is C18H17NO4S2. The number of hydrogen-bond acceptors (Lipinski definition) is 5. The van der Waals surface area contributed by atoms with Crippen molar-refractivity contribution in [3.63, 3.8) is 0 Å². The summed E-state index contributed by atoms with van der Waals surface area (Å²) in [5, 5.41) is 5.78. The lowest BCUT2D eigenvalue weighted by Gasteiger charge is -2.07. The number of rotatable bonds is 6. The summed E-state index contributed by atoms with van der Waals surface area (Å²) >= 11 is 1.63. The third-order valence-corrected chi connectivity index (χ3v) is 6.38. The number of nitrogens with one attached hydrogen (secondary N) is 1. The number of amides is 1. The van der Waals surface area contributed by atoms with Gasteiger partial charge in [0.2, 0.25) is 5.91 Å². The topological polar surface area (TPSA) is 72.5 Å². The molecule has 1 heterocycles. The number of hydrogen-bond donors (Lipinski definition) is 1. The van der Waals surface area contributed by atoms with Crippen molar-refractivity contribution in [2.75, 3.05) is 18.2 Å². The van der Waals surface area contributed by atoms with E-state index in [9.17, 15) is 13.2 Å². The van der Waals surface area contributed by atoms with Crippen molar-refractivity contribution in [1.82, 2.24) is 0 Å². The maximum Gasteiger partial charge on any atom is 0.225 e. The summed E-state index contributed by atoms with van der Waals surface area (Å²) in [6.07, 6.45) is -0.101. The lowest BCUT2D eigenvalue weighted by Crippen LogP contribution is -2.17. The lowest BCUT2D eigenvalue weighted by molar-refractivity contribution is -0.115. The van der Waals surface area contributed by atoms with Crippen molar-refractivity contribution in [3.05, 3.63) is 53.9 Å². The number of thiophene rings is 1. The van der Waals surface area contributed by atoms with Gasteiger partial charge in [0.15, 0.2) is 9.84 Å². The molecule has 3 aromatic rings. The number of fused-ring (bicyclic) bond motifs is 1. The van der Waals surface area contributed by atoms with E-state index in [1.165, 1.54) is 19.2 Å². The van der Waals surface area contributed by atoms with Crippen LogP contribution in [0.1, 0.15) is 6.42 Å². The second-order valence-electron chi connectivity index (χ2n) is 5.47. The molecule has 0 aliphatic heterocycles. The summed E-state index contributed by atoms with van der Waals surface area (Å²) in [7, 11) is -2.00. The van der Waals surface area contributed by atoms with E-state index in [0.29, 0.717) is 11.4 Å².